The molecule has 0 spiro atoms. The van der Waals surface area contributed by atoms with E-state index < -0.39 is 0 Å². The van der Waals surface area contributed by atoms with Crippen LogP contribution in [-0.4, -0.2) is 6.61 Å². The van der Waals surface area contributed by atoms with Gasteiger partial charge in [0.2, 0.25) is 0 Å². The molecule has 0 radical (unpaired) electrons. The van der Waals surface area contributed by atoms with Crippen molar-refractivity contribution < 1.29 is 9.15 Å². The maximum absolute atomic E-state index is 5.75. The zero-order valence-electron chi connectivity index (χ0n) is 10.9. The quantitative estimate of drug-likeness (QED) is 0.456. The molecule has 1 aromatic rings. The van der Waals surface area contributed by atoms with E-state index in [0.717, 1.165) is 6.42 Å². The molecule has 0 saturated heterocycles. The summed E-state index contributed by atoms with van der Waals surface area (Å²) in [5.74, 6) is 2.25. The van der Waals surface area contributed by atoms with E-state index in [1.807, 2.05) is 12.5 Å². The van der Waals surface area contributed by atoms with Gasteiger partial charge in [0.05, 0.1) is 12.5 Å². The molecule has 2 aliphatic carbocycles. The van der Waals surface area contributed by atoms with Crippen molar-refractivity contribution in [1.29, 1.82) is 0 Å². The van der Waals surface area contributed by atoms with Crippen LogP contribution in [0.15, 0.2) is 35.2 Å². The first-order valence-corrected chi connectivity index (χ1v) is 6.83. The van der Waals surface area contributed by atoms with Crippen molar-refractivity contribution in [3.8, 4) is 0 Å². The Morgan fingerprint density at radius 1 is 1.56 bits per heavy atom. The van der Waals surface area contributed by atoms with E-state index in [1.54, 1.807) is 6.08 Å². The minimum atomic E-state index is 0.518. The monoisotopic (exact) mass is 244 g/mol. The van der Waals surface area contributed by atoms with Crippen LogP contribution in [0.3, 0.4) is 0 Å². The van der Waals surface area contributed by atoms with Gasteiger partial charge in [0.25, 0.3) is 0 Å². The molecular weight excluding hydrogens is 224 g/mol. The van der Waals surface area contributed by atoms with E-state index >= 15 is 0 Å². The molecule has 0 saturated carbocycles. The van der Waals surface area contributed by atoms with Gasteiger partial charge < -0.3 is 9.15 Å². The third-order valence-electron chi connectivity index (χ3n) is 4.17. The number of ether oxygens (including phenoxy) is 1. The molecule has 0 bridgehead atoms. The Morgan fingerprint density at radius 2 is 2.44 bits per heavy atom. The lowest BCUT2D eigenvalue weighted by Crippen LogP contribution is -2.22. The first-order valence-electron chi connectivity index (χ1n) is 6.83. The van der Waals surface area contributed by atoms with Crippen molar-refractivity contribution in [2.45, 2.75) is 38.5 Å². The molecule has 1 aromatic heterocycles. The number of aryl methyl sites for hydroxylation is 1. The van der Waals surface area contributed by atoms with E-state index in [2.05, 4.69) is 13.5 Å². The van der Waals surface area contributed by atoms with Crippen LogP contribution in [0.5, 0.6) is 0 Å². The van der Waals surface area contributed by atoms with Crippen molar-refractivity contribution in [3.63, 3.8) is 0 Å². The third-order valence-corrected chi connectivity index (χ3v) is 4.17. The van der Waals surface area contributed by atoms with Crippen LogP contribution >= 0.6 is 0 Å². The summed E-state index contributed by atoms with van der Waals surface area (Å²) in [5.41, 5.74) is 4.32. The molecule has 3 rings (SSSR count). The van der Waals surface area contributed by atoms with E-state index in [1.165, 1.54) is 41.7 Å². The van der Waals surface area contributed by atoms with Gasteiger partial charge >= 0.3 is 0 Å². The first kappa shape index (κ1) is 11.6. The molecule has 2 atom stereocenters. The predicted molar refractivity (Wildman–Crippen MR) is 71.5 cm³/mol. The summed E-state index contributed by atoms with van der Waals surface area (Å²) in [7, 11) is 0. The highest BCUT2D eigenvalue weighted by Crippen LogP contribution is 2.47. The molecule has 2 aliphatic rings. The number of hydrogen-bond donors (Lipinski definition) is 0. The molecule has 0 amide bonds. The van der Waals surface area contributed by atoms with Gasteiger partial charge in [-0.15, -0.1) is 0 Å². The summed E-state index contributed by atoms with van der Waals surface area (Å²) in [4.78, 5) is 0. The summed E-state index contributed by atoms with van der Waals surface area (Å²) in [6, 6.07) is 0. The van der Waals surface area contributed by atoms with Crippen molar-refractivity contribution in [2.75, 3.05) is 6.61 Å². The fourth-order valence-electron chi connectivity index (χ4n) is 3.34. The number of hydrogen-bond acceptors (Lipinski definition) is 2. The molecule has 96 valence electrons. The Bertz CT molecular complexity index is 481. The highest BCUT2D eigenvalue weighted by molar-refractivity contribution is 5.43. The number of allylic oxidation sites excluding steroid dienone is 1. The van der Waals surface area contributed by atoms with Crippen LogP contribution < -0.4 is 0 Å². The first-order chi connectivity index (χ1) is 8.81. The van der Waals surface area contributed by atoms with Crippen molar-refractivity contribution in [1.82, 2.24) is 0 Å². The van der Waals surface area contributed by atoms with Crippen LogP contribution in [0.2, 0.25) is 0 Å². The van der Waals surface area contributed by atoms with Crippen LogP contribution in [0, 0.1) is 5.92 Å². The largest absolute Gasteiger partial charge is 0.497 e. The van der Waals surface area contributed by atoms with Crippen molar-refractivity contribution in [3.05, 3.63) is 47.6 Å². The lowest BCUT2D eigenvalue weighted by atomic mass is 9.71. The van der Waals surface area contributed by atoms with Gasteiger partial charge in [0, 0.05) is 17.9 Å². The Kier molecular flexibility index (Phi) is 3.02. The topological polar surface area (TPSA) is 22.4 Å². The molecule has 2 heteroatoms. The fourth-order valence-corrected chi connectivity index (χ4v) is 3.34. The maximum atomic E-state index is 5.75. The van der Waals surface area contributed by atoms with Gasteiger partial charge in [-0.05, 0) is 36.3 Å². The third kappa shape index (κ3) is 1.80. The lowest BCUT2D eigenvalue weighted by molar-refractivity contribution is 0.276. The van der Waals surface area contributed by atoms with E-state index in [9.17, 15) is 0 Å². The molecule has 0 aliphatic heterocycles. The highest BCUT2D eigenvalue weighted by Gasteiger charge is 2.36. The average Bonchev–Trinajstić information content (AvgIpc) is 2.78. The fraction of sp³-hybridized carbons (Fsp3) is 0.500. The molecular formula is C16H20O2. The van der Waals surface area contributed by atoms with Gasteiger partial charge in [-0.1, -0.05) is 19.6 Å². The molecule has 0 N–H and O–H groups in total. The summed E-state index contributed by atoms with van der Waals surface area (Å²) in [6.07, 6.45) is 10.4. The smallest absolute Gasteiger partial charge is 0.108 e. The van der Waals surface area contributed by atoms with E-state index in [0.29, 0.717) is 18.4 Å². The molecule has 2 nitrogen and oxygen atoms in total. The second-order valence-corrected chi connectivity index (χ2v) is 5.39. The minimum absolute atomic E-state index is 0.518. The molecule has 0 unspecified atom stereocenters. The van der Waals surface area contributed by atoms with Gasteiger partial charge in [-0.2, -0.15) is 0 Å². The molecule has 18 heavy (non-hydrogen) atoms. The molecule has 0 fully saturated rings. The zero-order chi connectivity index (χ0) is 12.5. The zero-order valence-corrected chi connectivity index (χ0v) is 10.9. The number of rotatable bonds is 3. The maximum Gasteiger partial charge on any atom is 0.108 e. The van der Waals surface area contributed by atoms with Crippen LogP contribution in [-0.2, 0) is 17.6 Å². The summed E-state index contributed by atoms with van der Waals surface area (Å²) < 4.78 is 11.3. The molecule has 1 heterocycles. The Morgan fingerprint density at radius 3 is 3.28 bits per heavy atom. The second-order valence-electron chi connectivity index (χ2n) is 5.39. The van der Waals surface area contributed by atoms with E-state index in [-0.39, 0.29) is 0 Å². The normalized spacial score (nSPS) is 27.9. The second kappa shape index (κ2) is 4.68. The Labute approximate surface area is 108 Å². The van der Waals surface area contributed by atoms with Crippen LogP contribution in [0.25, 0.3) is 0 Å². The van der Waals surface area contributed by atoms with Crippen molar-refractivity contribution >= 4 is 0 Å². The van der Waals surface area contributed by atoms with Crippen LogP contribution in [0.4, 0.5) is 0 Å². The Balaban J connectivity index is 1.95. The van der Waals surface area contributed by atoms with Crippen LogP contribution in [0.1, 0.15) is 42.6 Å². The predicted octanol–water partition coefficient (Wildman–Crippen LogP) is 3.98. The summed E-state index contributed by atoms with van der Waals surface area (Å²) in [5, 5.41) is 0. The van der Waals surface area contributed by atoms with Gasteiger partial charge in [0.1, 0.15) is 12.4 Å². The summed E-state index contributed by atoms with van der Waals surface area (Å²) in [6.45, 7) is 6.54. The van der Waals surface area contributed by atoms with E-state index in [4.69, 9.17) is 9.15 Å². The van der Waals surface area contributed by atoms with Gasteiger partial charge in [0.15, 0.2) is 0 Å². The van der Waals surface area contributed by atoms with Gasteiger partial charge in [-0.25, -0.2) is 0 Å². The van der Waals surface area contributed by atoms with Crippen molar-refractivity contribution in [2.24, 2.45) is 5.92 Å². The standard InChI is InChI=1S/C16H20O2/c1-3-7-17-10-14-11(2)8-15-16-12(9-18-15)5-4-6-13(14)16/h3,9-11,13H,1,4-8H2,2H3/b14-10+/t11-,13+/m1/s1. The highest BCUT2D eigenvalue weighted by atomic mass is 16.5. The summed E-state index contributed by atoms with van der Waals surface area (Å²) >= 11 is 0. The Hall–Kier alpha value is -1.44. The average molecular weight is 244 g/mol. The molecule has 0 aromatic carbocycles. The van der Waals surface area contributed by atoms with Gasteiger partial charge in [-0.3, -0.25) is 0 Å². The minimum Gasteiger partial charge on any atom is -0.497 e. The SMILES string of the molecule is C=CCO/C=C1\[C@H](C)Cc2occ3c2[C@H]1CCC3. The number of furan rings is 1. The lowest BCUT2D eigenvalue weighted by Gasteiger charge is -2.33.